The number of allylic oxidation sites excluding steroid dienone is 18. The van der Waals surface area contributed by atoms with Crippen LogP contribution in [0, 0.1) is 0 Å². The highest BCUT2D eigenvalue weighted by Crippen LogP contribution is 2.16. The summed E-state index contributed by atoms with van der Waals surface area (Å²) < 4.78 is 16.8. The third kappa shape index (κ3) is 62.9. The molecule has 0 saturated heterocycles. The Morgan fingerprint density at radius 2 is 0.500 bits per heavy atom. The third-order valence-corrected chi connectivity index (χ3v) is 14.0. The number of rotatable bonds is 59. The zero-order chi connectivity index (χ0) is 56.4. The first-order valence-electron chi connectivity index (χ1n) is 32.9. The molecule has 0 aromatic carbocycles. The predicted octanol–water partition coefficient (Wildman–Crippen LogP) is 22.6. The van der Waals surface area contributed by atoms with E-state index in [1.165, 1.54) is 154 Å². The highest BCUT2D eigenvalue weighted by molar-refractivity contribution is 5.71. The summed E-state index contributed by atoms with van der Waals surface area (Å²) in [7, 11) is 0. The molecule has 0 fully saturated rings. The van der Waals surface area contributed by atoms with E-state index in [1.54, 1.807) is 0 Å². The van der Waals surface area contributed by atoms with E-state index < -0.39 is 6.10 Å². The number of hydrogen-bond donors (Lipinski definition) is 0. The van der Waals surface area contributed by atoms with Crippen LogP contribution in [0.15, 0.2) is 109 Å². The van der Waals surface area contributed by atoms with Gasteiger partial charge in [-0.1, -0.05) is 291 Å². The summed E-state index contributed by atoms with van der Waals surface area (Å²) in [6.07, 6.45) is 89.8. The average Bonchev–Trinajstić information content (AvgIpc) is 3.44. The minimum Gasteiger partial charge on any atom is -0.462 e. The molecule has 0 aromatic rings. The quantitative estimate of drug-likeness (QED) is 0.0261. The van der Waals surface area contributed by atoms with E-state index in [0.29, 0.717) is 12.8 Å². The van der Waals surface area contributed by atoms with Gasteiger partial charge >= 0.3 is 17.9 Å². The monoisotopic (exact) mass is 1080 g/mol. The molecule has 0 amide bonds. The van der Waals surface area contributed by atoms with Crippen molar-refractivity contribution >= 4 is 17.9 Å². The van der Waals surface area contributed by atoms with Gasteiger partial charge in [-0.15, -0.1) is 0 Å². The van der Waals surface area contributed by atoms with Gasteiger partial charge in [0.1, 0.15) is 13.2 Å². The minimum absolute atomic E-state index is 0.0905. The smallest absolute Gasteiger partial charge is 0.306 e. The van der Waals surface area contributed by atoms with Gasteiger partial charge in [0.05, 0.1) is 0 Å². The molecule has 0 N–H and O–H groups in total. The van der Waals surface area contributed by atoms with Crippen LogP contribution >= 0.6 is 0 Å². The number of carbonyl (C=O) groups is 3. The lowest BCUT2D eigenvalue weighted by Crippen LogP contribution is -2.30. The molecule has 0 aliphatic rings. The molecule has 0 aliphatic carbocycles. The van der Waals surface area contributed by atoms with Crippen LogP contribution in [0.3, 0.4) is 0 Å². The van der Waals surface area contributed by atoms with Crippen LogP contribution in [0.4, 0.5) is 0 Å². The van der Waals surface area contributed by atoms with Crippen molar-refractivity contribution in [3.8, 4) is 0 Å². The van der Waals surface area contributed by atoms with E-state index >= 15 is 0 Å². The maximum Gasteiger partial charge on any atom is 0.306 e. The summed E-state index contributed by atoms with van der Waals surface area (Å²) in [6, 6.07) is 0. The molecule has 446 valence electrons. The molecule has 0 rings (SSSR count). The second kappa shape index (κ2) is 65.6. The van der Waals surface area contributed by atoms with Gasteiger partial charge in [0.25, 0.3) is 0 Å². The molecule has 6 nitrogen and oxygen atoms in total. The standard InChI is InChI=1S/C72H122O6/c1-4-7-10-13-16-19-21-23-25-27-29-31-33-35-36-38-39-41-43-45-47-49-51-53-56-59-62-65-71(74)77-68-69(67-76-70(73)64-61-58-55-18-15-12-9-6-3)78-72(75)66-63-60-57-54-52-50-48-46-44-42-40-37-34-32-30-28-26-24-22-20-17-14-11-8-5-2/h8,11,17,20-21,23-24,26-27,29-30,32,37,40,44,46,50,52,69H,4-7,9-10,12-16,18-19,22,25,28,31,33-36,38-39,41-43,45,47-49,51,53-68H2,1-3H3/b11-8-,20-17-,23-21-,26-24-,29-27-,32-30-,40-37-,46-44-,52-50-. The lowest BCUT2D eigenvalue weighted by atomic mass is 10.0. The van der Waals surface area contributed by atoms with Gasteiger partial charge < -0.3 is 14.2 Å². The number of esters is 3. The van der Waals surface area contributed by atoms with Gasteiger partial charge in [0, 0.05) is 19.3 Å². The van der Waals surface area contributed by atoms with Crippen LogP contribution < -0.4 is 0 Å². The second-order valence-corrected chi connectivity index (χ2v) is 21.6. The van der Waals surface area contributed by atoms with Gasteiger partial charge in [-0.3, -0.25) is 14.4 Å². The molecular weight excluding hydrogens is 961 g/mol. The van der Waals surface area contributed by atoms with Gasteiger partial charge in [0.15, 0.2) is 6.10 Å². The molecule has 0 aromatic heterocycles. The maximum atomic E-state index is 12.9. The normalized spacial score (nSPS) is 12.8. The van der Waals surface area contributed by atoms with Crippen molar-refractivity contribution in [1.29, 1.82) is 0 Å². The van der Waals surface area contributed by atoms with Gasteiger partial charge in [-0.05, 0) is 109 Å². The minimum atomic E-state index is -0.795. The zero-order valence-corrected chi connectivity index (χ0v) is 51.2. The molecule has 0 radical (unpaired) electrons. The van der Waals surface area contributed by atoms with Crippen molar-refractivity contribution < 1.29 is 28.6 Å². The molecule has 0 heterocycles. The van der Waals surface area contributed by atoms with Gasteiger partial charge in [0.2, 0.25) is 0 Å². The van der Waals surface area contributed by atoms with Crippen LogP contribution in [0.5, 0.6) is 0 Å². The van der Waals surface area contributed by atoms with Crippen molar-refractivity contribution in [2.45, 2.75) is 316 Å². The van der Waals surface area contributed by atoms with Crippen molar-refractivity contribution in [2.24, 2.45) is 0 Å². The van der Waals surface area contributed by atoms with E-state index in [0.717, 1.165) is 116 Å². The highest BCUT2D eigenvalue weighted by Gasteiger charge is 2.19. The summed E-state index contributed by atoms with van der Waals surface area (Å²) in [5, 5.41) is 0. The first-order valence-corrected chi connectivity index (χ1v) is 32.9. The fraction of sp³-hybridized carbons (Fsp3) is 0.708. The van der Waals surface area contributed by atoms with Crippen molar-refractivity contribution in [2.75, 3.05) is 13.2 Å². The van der Waals surface area contributed by atoms with Crippen LogP contribution in [0.1, 0.15) is 310 Å². The lowest BCUT2D eigenvalue weighted by molar-refractivity contribution is -0.167. The Labute approximate surface area is 482 Å². The van der Waals surface area contributed by atoms with E-state index in [9.17, 15) is 14.4 Å². The largest absolute Gasteiger partial charge is 0.462 e. The molecule has 0 bridgehead atoms. The third-order valence-electron chi connectivity index (χ3n) is 14.0. The maximum absolute atomic E-state index is 12.9. The second-order valence-electron chi connectivity index (χ2n) is 21.6. The summed E-state index contributed by atoms with van der Waals surface area (Å²) in [5.74, 6) is -0.921. The van der Waals surface area contributed by atoms with E-state index in [2.05, 4.69) is 130 Å². The average molecular weight is 1080 g/mol. The Morgan fingerprint density at radius 1 is 0.269 bits per heavy atom. The SMILES string of the molecule is CC/C=C\C/C=C\C/C=C\C/C=C\C/C=C\C/C=C\C/C=C\CCCCCC(=O)OC(COC(=O)CCCCCCCCCC)COC(=O)CCCCCCCCCCCCCCCCC/C=C\C/C=C\CCCCCCC. The number of ether oxygens (including phenoxy) is 3. The highest BCUT2D eigenvalue weighted by atomic mass is 16.6. The Balaban J connectivity index is 4.23. The Hall–Kier alpha value is -3.93. The molecule has 1 atom stereocenters. The fourth-order valence-corrected chi connectivity index (χ4v) is 9.10. The summed E-state index contributed by atoms with van der Waals surface area (Å²) in [4.78, 5) is 38.2. The summed E-state index contributed by atoms with van der Waals surface area (Å²) >= 11 is 0. The van der Waals surface area contributed by atoms with Crippen LogP contribution in [-0.2, 0) is 28.6 Å². The first-order chi connectivity index (χ1) is 38.5. The molecule has 0 spiro atoms. The number of unbranched alkanes of at least 4 members (excludes halogenated alkanes) is 30. The summed E-state index contributed by atoms with van der Waals surface area (Å²) in [5.41, 5.74) is 0. The number of hydrogen-bond acceptors (Lipinski definition) is 6. The molecule has 6 heteroatoms. The zero-order valence-electron chi connectivity index (χ0n) is 51.2. The van der Waals surface area contributed by atoms with Gasteiger partial charge in [-0.25, -0.2) is 0 Å². The van der Waals surface area contributed by atoms with Gasteiger partial charge in [-0.2, -0.15) is 0 Å². The van der Waals surface area contributed by atoms with Crippen molar-refractivity contribution in [3.63, 3.8) is 0 Å². The van der Waals surface area contributed by atoms with E-state index in [4.69, 9.17) is 14.2 Å². The predicted molar refractivity (Wildman–Crippen MR) is 339 cm³/mol. The van der Waals surface area contributed by atoms with Crippen molar-refractivity contribution in [3.05, 3.63) is 109 Å². The molecular formula is C72H122O6. The Kier molecular flexibility index (Phi) is 62.3. The lowest BCUT2D eigenvalue weighted by Gasteiger charge is -2.18. The van der Waals surface area contributed by atoms with E-state index in [1.807, 2.05) is 0 Å². The molecule has 1 unspecified atom stereocenters. The Bertz CT molecular complexity index is 1570. The fourth-order valence-electron chi connectivity index (χ4n) is 9.10. The van der Waals surface area contributed by atoms with E-state index in [-0.39, 0.29) is 37.5 Å². The first kappa shape index (κ1) is 74.1. The molecule has 78 heavy (non-hydrogen) atoms. The summed E-state index contributed by atoms with van der Waals surface area (Å²) in [6.45, 7) is 6.48. The topological polar surface area (TPSA) is 78.9 Å². The van der Waals surface area contributed by atoms with Crippen LogP contribution in [0.25, 0.3) is 0 Å². The Morgan fingerprint density at radius 3 is 0.795 bits per heavy atom. The molecule has 0 saturated carbocycles. The van der Waals surface area contributed by atoms with Crippen LogP contribution in [-0.4, -0.2) is 37.2 Å². The molecule has 0 aliphatic heterocycles. The van der Waals surface area contributed by atoms with Crippen molar-refractivity contribution in [1.82, 2.24) is 0 Å². The number of carbonyl (C=O) groups excluding carboxylic acids is 3. The van der Waals surface area contributed by atoms with Crippen LogP contribution in [0.2, 0.25) is 0 Å².